The molecular formula is C15H18BrNO2. The third-order valence-electron chi connectivity index (χ3n) is 4.21. The van der Waals surface area contributed by atoms with Crippen molar-refractivity contribution in [3.8, 4) is 0 Å². The molecule has 0 spiro atoms. The van der Waals surface area contributed by atoms with E-state index < -0.39 is 5.41 Å². The molecule has 1 aromatic carbocycles. The zero-order valence-electron chi connectivity index (χ0n) is 11.0. The molecule has 4 heteroatoms. The van der Waals surface area contributed by atoms with Crippen molar-refractivity contribution >= 4 is 21.8 Å². The van der Waals surface area contributed by atoms with Gasteiger partial charge < -0.3 is 10.1 Å². The van der Waals surface area contributed by atoms with Gasteiger partial charge in [0.05, 0.1) is 11.5 Å². The summed E-state index contributed by atoms with van der Waals surface area (Å²) in [5, 5.41) is 3.15. The van der Waals surface area contributed by atoms with Gasteiger partial charge in [0, 0.05) is 17.6 Å². The second kappa shape index (κ2) is 4.91. The molecule has 19 heavy (non-hydrogen) atoms. The van der Waals surface area contributed by atoms with Crippen LogP contribution in [-0.4, -0.2) is 25.2 Å². The first-order valence-electron chi connectivity index (χ1n) is 6.74. The molecule has 0 atom stereocenters. The van der Waals surface area contributed by atoms with Gasteiger partial charge in [0.25, 0.3) is 0 Å². The summed E-state index contributed by atoms with van der Waals surface area (Å²) in [4.78, 5) is 12.6. The Kier molecular flexibility index (Phi) is 3.39. The smallest absolute Gasteiger partial charge is 0.231 e. The first-order valence-corrected chi connectivity index (χ1v) is 7.53. The van der Waals surface area contributed by atoms with Crippen LogP contribution in [0.1, 0.15) is 31.2 Å². The molecule has 1 aromatic rings. The summed E-state index contributed by atoms with van der Waals surface area (Å²) in [5.74, 6) is 0.168. The Labute approximate surface area is 121 Å². The van der Waals surface area contributed by atoms with Crippen molar-refractivity contribution in [3.63, 3.8) is 0 Å². The maximum atomic E-state index is 12.6. The third kappa shape index (κ3) is 2.43. The molecule has 0 bridgehead atoms. The molecule has 0 aliphatic heterocycles. The Morgan fingerprint density at radius 3 is 2.74 bits per heavy atom. The Hall–Kier alpha value is -0.870. The monoisotopic (exact) mass is 323 g/mol. The quantitative estimate of drug-likeness (QED) is 0.925. The molecule has 1 N–H and O–H groups in total. The highest BCUT2D eigenvalue weighted by Crippen LogP contribution is 2.46. The summed E-state index contributed by atoms with van der Waals surface area (Å²) in [6, 6.07) is 8.48. The predicted octanol–water partition coefficient (Wildman–Crippen LogP) is 2.77. The van der Waals surface area contributed by atoms with E-state index in [2.05, 4.69) is 27.3 Å². The number of methoxy groups -OCH3 is 1. The van der Waals surface area contributed by atoms with Crippen LogP contribution < -0.4 is 5.32 Å². The van der Waals surface area contributed by atoms with Crippen LogP contribution in [0, 0.1) is 0 Å². The van der Waals surface area contributed by atoms with Crippen molar-refractivity contribution < 1.29 is 9.53 Å². The molecule has 3 nitrogen and oxygen atoms in total. The summed E-state index contributed by atoms with van der Waals surface area (Å²) in [5.41, 5.74) is 0.695. The third-order valence-corrected chi connectivity index (χ3v) is 4.70. The lowest BCUT2D eigenvalue weighted by Crippen LogP contribution is -2.56. The van der Waals surface area contributed by atoms with E-state index >= 15 is 0 Å². The fourth-order valence-electron chi connectivity index (χ4n) is 2.77. The minimum atomic E-state index is -0.396. The standard InChI is InChI=1S/C15H18BrNO2/c1-19-13-8-15(9-13,14(18)17-12-5-6-12)10-3-2-4-11(16)7-10/h2-4,7,12-13H,5-6,8-9H2,1H3,(H,17,18)/t13-,15-. The van der Waals surface area contributed by atoms with Gasteiger partial charge in [-0.2, -0.15) is 0 Å². The maximum absolute atomic E-state index is 12.6. The van der Waals surface area contributed by atoms with Crippen molar-refractivity contribution in [1.29, 1.82) is 0 Å². The fraction of sp³-hybridized carbons (Fsp3) is 0.533. The van der Waals surface area contributed by atoms with Gasteiger partial charge in [-0.15, -0.1) is 0 Å². The molecule has 2 saturated carbocycles. The zero-order valence-corrected chi connectivity index (χ0v) is 12.6. The van der Waals surface area contributed by atoms with Crippen molar-refractivity contribution in [2.24, 2.45) is 0 Å². The highest BCUT2D eigenvalue weighted by molar-refractivity contribution is 9.10. The molecule has 2 fully saturated rings. The van der Waals surface area contributed by atoms with Crippen LogP contribution in [0.2, 0.25) is 0 Å². The number of hydrogen-bond acceptors (Lipinski definition) is 2. The number of amides is 1. The number of carbonyl (C=O) groups is 1. The van der Waals surface area contributed by atoms with E-state index in [9.17, 15) is 4.79 Å². The van der Waals surface area contributed by atoms with E-state index in [4.69, 9.17) is 4.74 Å². The summed E-state index contributed by atoms with van der Waals surface area (Å²) in [7, 11) is 1.72. The van der Waals surface area contributed by atoms with E-state index in [0.29, 0.717) is 6.04 Å². The molecule has 0 radical (unpaired) electrons. The van der Waals surface area contributed by atoms with E-state index in [0.717, 1.165) is 35.7 Å². The number of rotatable bonds is 4. The van der Waals surface area contributed by atoms with Crippen LogP contribution in [0.4, 0.5) is 0 Å². The molecule has 2 aliphatic rings. The van der Waals surface area contributed by atoms with Gasteiger partial charge in [-0.25, -0.2) is 0 Å². The van der Waals surface area contributed by atoms with Crippen LogP contribution in [-0.2, 0) is 14.9 Å². The molecule has 0 unspecified atom stereocenters. The van der Waals surface area contributed by atoms with Crippen LogP contribution in [0.25, 0.3) is 0 Å². The number of benzene rings is 1. The summed E-state index contributed by atoms with van der Waals surface area (Å²) in [6.07, 6.45) is 3.99. The van der Waals surface area contributed by atoms with Crippen LogP contribution >= 0.6 is 15.9 Å². The highest BCUT2D eigenvalue weighted by atomic mass is 79.9. The van der Waals surface area contributed by atoms with Gasteiger partial charge in [-0.05, 0) is 43.4 Å². The van der Waals surface area contributed by atoms with Crippen molar-refractivity contribution in [2.45, 2.75) is 43.2 Å². The van der Waals surface area contributed by atoms with E-state index in [1.807, 2.05) is 18.2 Å². The van der Waals surface area contributed by atoms with Gasteiger partial charge in [-0.3, -0.25) is 4.79 Å². The van der Waals surface area contributed by atoms with Crippen LogP contribution in [0.3, 0.4) is 0 Å². The van der Waals surface area contributed by atoms with Crippen molar-refractivity contribution in [2.75, 3.05) is 7.11 Å². The lowest BCUT2D eigenvalue weighted by molar-refractivity contribution is -0.136. The van der Waals surface area contributed by atoms with Crippen molar-refractivity contribution in [3.05, 3.63) is 34.3 Å². The summed E-state index contributed by atoms with van der Waals surface area (Å²) >= 11 is 3.49. The minimum Gasteiger partial charge on any atom is -0.381 e. The SMILES string of the molecule is CO[C@H]1C[C@@](C(=O)NC2CC2)(c2cccc(Br)c2)C1. The number of nitrogens with one attached hydrogen (secondary N) is 1. The normalized spacial score (nSPS) is 29.7. The zero-order chi connectivity index (χ0) is 13.5. The maximum Gasteiger partial charge on any atom is 0.231 e. The second-order valence-electron chi connectivity index (χ2n) is 5.61. The number of hydrogen-bond donors (Lipinski definition) is 1. The van der Waals surface area contributed by atoms with E-state index in [1.165, 1.54) is 0 Å². The van der Waals surface area contributed by atoms with Crippen molar-refractivity contribution in [1.82, 2.24) is 5.32 Å². The molecule has 0 saturated heterocycles. The number of halogens is 1. The Morgan fingerprint density at radius 2 is 2.16 bits per heavy atom. The summed E-state index contributed by atoms with van der Waals surface area (Å²) < 4.78 is 6.39. The van der Waals surface area contributed by atoms with Gasteiger partial charge in [-0.1, -0.05) is 28.1 Å². The molecule has 3 rings (SSSR count). The lowest BCUT2D eigenvalue weighted by atomic mass is 9.62. The number of carbonyl (C=O) groups excluding carboxylic acids is 1. The average molecular weight is 324 g/mol. The van der Waals surface area contributed by atoms with Gasteiger partial charge in [0.2, 0.25) is 5.91 Å². The molecule has 0 aromatic heterocycles. The van der Waals surface area contributed by atoms with Gasteiger partial charge in [0.15, 0.2) is 0 Å². The predicted molar refractivity (Wildman–Crippen MR) is 77.0 cm³/mol. The molecule has 1 amide bonds. The second-order valence-corrected chi connectivity index (χ2v) is 6.52. The van der Waals surface area contributed by atoms with E-state index in [-0.39, 0.29) is 12.0 Å². The molecule has 0 heterocycles. The van der Waals surface area contributed by atoms with E-state index in [1.54, 1.807) is 7.11 Å². The Bertz CT molecular complexity index is 493. The highest BCUT2D eigenvalue weighted by Gasteiger charge is 2.52. The largest absolute Gasteiger partial charge is 0.381 e. The molecule has 102 valence electrons. The lowest BCUT2D eigenvalue weighted by Gasteiger charge is -2.46. The average Bonchev–Trinajstić information content (AvgIpc) is 3.12. The fourth-order valence-corrected chi connectivity index (χ4v) is 3.17. The summed E-state index contributed by atoms with van der Waals surface area (Å²) in [6.45, 7) is 0. The molecular weight excluding hydrogens is 306 g/mol. The Balaban J connectivity index is 1.86. The Morgan fingerprint density at radius 1 is 1.42 bits per heavy atom. The number of ether oxygens (including phenoxy) is 1. The minimum absolute atomic E-state index is 0.168. The molecule has 2 aliphatic carbocycles. The van der Waals surface area contributed by atoms with Crippen LogP contribution in [0.15, 0.2) is 28.7 Å². The first-order chi connectivity index (χ1) is 9.14. The van der Waals surface area contributed by atoms with Gasteiger partial charge in [0.1, 0.15) is 0 Å². The van der Waals surface area contributed by atoms with Crippen LogP contribution in [0.5, 0.6) is 0 Å². The first kappa shape index (κ1) is 13.1. The topological polar surface area (TPSA) is 38.3 Å². The van der Waals surface area contributed by atoms with Gasteiger partial charge >= 0.3 is 0 Å².